The van der Waals surface area contributed by atoms with Crippen molar-refractivity contribution in [3.63, 3.8) is 0 Å². The van der Waals surface area contributed by atoms with E-state index < -0.39 is 10.1 Å². The van der Waals surface area contributed by atoms with Crippen LogP contribution >= 0.6 is 0 Å². The molecular weight excluding hydrogens is 232 g/mol. The highest BCUT2D eigenvalue weighted by atomic mass is 32.2. The number of hydrogen-bond acceptors (Lipinski definition) is 5. The predicted octanol–water partition coefficient (Wildman–Crippen LogP) is -1.08. The molecule has 1 fully saturated rings. The molecule has 6 nitrogen and oxygen atoms in total. The highest BCUT2D eigenvalue weighted by Crippen LogP contribution is 2.10. The first kappa shape index (κ1) is 13.9. The average molecular weight is 252 g/mol. The lowest BCUT2D eigenvalue weighted by Crippen LogP contribution is -2.49. The molecule has 0 saturated carbocycles. The Balaban J connectivity index is 2.45. The number of aliphatic hydroxyl groups excluding tert-OH is 1. The SMILES string of the molecule is O=S(=O)(O)CCC(CCO)N1CCNCC1. The van der Waals surface area contributed by atoms with Crippen LogP contribution in [0.1, 0.15) is 12.8 Å². The van der Waals surface area contributed by atoms with Crippen molar-refractivity contribution < 1.29 is 18.1 Å². The van der Waals surface area contributed by atoms with Crippen LogP contribution in [-0.2, 0) is 10.1 Å². The van der Waals surface area contributed by atoms with Gasteiger partial charge < -0.3 is 10.4 Å². The number of nitrogens with one attached hydrogen (secondary N) is 1. The zero-order valence-electron chi connectivity index (χ0n) is 9.30. The molecule has 0 spiro atoms. The molecule has 1 unspecified atom stereocenters. The van der Waals surface area contributed by atoms with Crippen molar-refractivity contribution in [2.45, 2.75) is 18.9 Å². The third-order valence-corrected chi connectivity index (χ3v) is 3.59. The van der Waals surface area contributed by atoms with Crippen molar-refractivity contribution in [2.24, 2.45) is 0 Å². The first-order chi connectivity index (χ1) is 7.53. The summed E-state index contributed by atoms with van der Waals surface area (Å²) < 4.78 is 30.1. The highest BCUT2D eigenvalue weighted by molar-refractivity contribution is 7.85. The zero-order chi connectivity index (χ0) is 12.0. The Bertz CT molecular complexity index is 288. The smallest absolute Gasteiger partial charge is 0.264 e. The van der Waals surface area contributed by atoms with Gasteiger partial charge in [0.15, 0.2) is 0 Å². The maximum atomic E-state index is 10.7. The Labute approximate surface area is 96.4 Å². The van der Waals surface area contributed by atoms with Crippen LogP contribution in [0.15, 0.2) is 0 Å². The molecule has 1 atom stereocenters. The third-order valence-electron chi connectivity index (χ3n) is 2.84. The standard InChI is InChI=1S/C9H20N2O4S/c12-7-1-9(2-8-16(13,14)15)11-5-3-10-4-6-11/h9-10,12H,1-8H2,(H,13,14,15). The van der Waals surface area contributed by atoms with Crippen LogP contribution in [0.25, 0.3) is 0 Å². The summed E-state index contributed by atoms with van der Waals surface area (Å²) in [7, 11) is -3.90. The molecule has 96 valence electrons. The second-order valence-electron chi connectivity index (χ2n) is 4.03. The van der Waals surface area contributed by atoms with E-state index in [9.17, 15) is 8.42 Å². The molecule has 16 heavy (non-hydrogen) atoms. The Morgan fingerprint density at radius 1 is 1.25 bits per heavy atom. The average Bonchev–Trinajstić information content (AvgIpc) is 2.24. The van der Waals surface area contributed by atoms with Crippen LogP contribution in [0.3, 0.4) is 0 Å². The fraction of sp³-hybridized carbons (Fsp3) is 1.00. The van der Waals surface area contributed by atoms with E-state index in [4.69, 9.17) is 9.66 Å². The third kappa shape index (κ3) is 5.22. The van der Waals surface area contributed by atoms with E-state index in [0.29, 0.717) is 12.8 Å². The molecule has 1 aliphatic rings. The summed E-state index contributed by atoms with van der Waals surface area (Å²) in [6.45, 7) is 3.52. The second-order valence-corrected chi connectivity index (χ2v) is 5.60. The predicted molar refractivity (Wildman–Crippen MR) is 61.0 cm³/mol. The molecule has 0 aromatic carbocycles. The van der Waals surface area contributed by atoms with Gasteiger partial charge in [-0.25, -0.2) is 0 Å². The van der Waals surface area contributed by atoms with E-state index in [1.165, 1.54) is 0 Å². The van der Waals surface area contributed by atoms with Gasteiger partial charge in [0, 0.05) is 38.8 Å². The summed E-state index contributed by atoms with van der Waals surface area (Å²) in [5, 5.41) is 12.2. The van der Waals surface area contributed by atoms with Gasteiger partial charge in [0.1, 0.15) is 0 Å². The van der Waals surface area contributed by atoms with Gasteiger partial charge in [0.25, 0.3) is 10.1 Å². The van der Waals surface area contributed by atoms with E-state index in [2.05, 4.69) is 10.2 Å². The molecule has 0 aromatic heterocycles. The minimum Gasteiger partial charge on any atom is -0.396 e. The Morgan fingerprint density at radius 3 is 2.38 bits per heavy atom. The molecule has 0 amide bonds. The van der Waals surface area contributed by atoms with Gasteiger partial charge in [-0.15, -0.1) is 0 Å². The lowest BCUT2D eigenvalue weighted by Gasteiger charge is -2.34. The molecule has 1 heterocycles. The minimum atomic E-state index is -3.90. The highest BCUT2D eigenvalue weighted by Gasteiger charge is 2.21. The number of aliphatic hydroxyl groups is 1. The molecule has 1 aliphatic heterocycles. The lowest BCUT2D eigenvalue weighted by atomic mass is 10.1. The van der Waals surface area contributed by atoms with Gasteiger partial charge in [-0.2, -0.15) is 8.42 Å². The van der Waals surface area contributed by atoms with E-state index in [-0.39, 0.29) is 18.4 Å². The fourth-order valence-corrected chi connectivity index (χ4v) is 2.56. The summed E-state index contributed by atoms with van der Waals surface area (Å²) >= 11 is 0. The summed E-state index contributed by atoms with van der Waals surface area (Å²) in [5.41, 5.74) is 0. The van der Waals surface area contributed by atoms with Crippen LogP contribution < -0.4 is 5.32 Å². The first-order valence-electron chi connectivity index (χ1n) is 5.54. The van der Waals surface area contributed by atoms with Crippen LogP contribution in [0.2, 0.25) is 0 Å². The summed E-state index contributed by atoms with van der Waals surface area (Å²) in [5.74, 6) is -0.235. The van der Waals surface area contributed by atoms with E-state index >= 15 is 0 Å². The Kier molecular flexibility index (Phi) is 5.63. The van der Waals surface area contributed by atoms with Crippen molar-refractivity contribution in [2.75, 3.05) is 38.5 Å². The van der Waals surface area contributed by atoms with Crippen LogP contribution in [0, 0.1) is 0 Å². The van der Waals surface area contributed by atoms with Crippen molar-refractivity contribution in [1.82, 2.24) is 10.2 Å². The largest absolute Gasteiger partial charge is 0.396 e. The van der Waals surface area contributed by atoms with Crippen LogP contribution in [0.4, 0.5) is 0 Å². The monoisotopic (exact) mass is 252 g/mol. The molecule has 7 heteroatoms. The van der Waals surface area contributed by atoms with E-state index in [1.807, 2.05) is 0 Å². The lowest BCUT2D eigenvalue weighted by molar-refractivity contribution is 0.137. The van der Waals surface area contributed by atoms with Gasteiger partial charge in [0.05, 0.1) is 5.75 Å². The van der Waals surface area contributed by atoms with E-state index in [1.54, 1.807) is 0 Å². The summed E-state index contributed by atoms with van der Waals surface area (Å²) in [6.07, 6.45) is 0.926. The second kappa shape index (κ2) is 6.51. The molecule has 0 bridgehead atoms. The Morgan fingerprint density at radius 2 is 1.88 bits per heavy atom. The number of piperazine rings is 1. The number of hydrogen-bond donors (Lipinski definition) is 3. The van der Waals surface area contributed by atoms with E-state index in [0.717, 1.165) is 26.2 Å². The minimum absolute atomic E-state index is 0.0361. The maximum absolute atomic E-state index is 10.7. The van der Waals surface area contributed by atoms with Gasteiger partial charge >= 0.3 is 0 Å². The van der Waals surface area contributed by atoms with Crippen LogP contribution in [-0.4, -0.2) is 67.6 Å². The summed E-state index contributed by atoms with van der Waals surface area (Å²) in [6, 6.07) is 0.0361. The van der Waals surface area contributed by atoms with Gasteiger partial charge in [-0.3, -0.25) is 9.45 Å². The van der Waals surface area contributed by atoms with Crippen molar-refractivity contribution >= 4 is 10.1 Å². The Hall–Kier alpha value is -0.210. The van der Waals surface area contributed by atoms with Gasteiger partial charge in [-0.05, 0) is 12.8 Å². The summed E-state index contributed by atoms with van der Waals surface area (Å²) in [4.78, 5) is 2.16. The van der Waals surface area contributed by atoms with Crippen LogP contribution in [0.5, 0.6) is 0 Å². The number of nitrogens with zero attached hydrogens (tertiary/aromatic N) is 1. The van der Waals surface area contributed by atoms with Crippen molar-refractivity contribution in [1.29, 1.82) is 0 Å². The van der Waals surface area contributed by atoms with Crippen molar-refractivity contribution in [3.8, 4) is 0 Å². The molecule has 0 aliphatic carbocycles. The molecule has 0 aromatic rings. The van der Waals surface area contributed by atoms with Crippen molar-refractivity contribution in [3.05, 3.63) is 0 Å². The van der Waals surface area contributed by atoms with Gasteiger partial charge in [-0.1, -0.05) is 0 Å². The molecule has 1 rings (SSSR count). The zero-order valence-corrected chi connectivity index (χ0v) is 10.1. The first-order valence-corrected chi connectivity index (χ1v) is 7.14. The maximum Gasteiger partial charge on any atom is 0.264 e. The molecule has 1 saturated heterocycles. The fourth-order valence-electron chi connectivity index (χ4n) is 1.99. The van der Waals surface area contributed by atoms with Gasteiger partial charge in [0.2, 0.25) is 0 Å². The normalized spacial score (nSPS) is 20.9. The number of rotatable bonds is 6. The quantitative estimate of drug-likeness (QED) is 0.521. The molecular formula is C9H20N2O4S. The molecule has 3 N–H and O–H groups in total. The topological polar surface area (TPSA) is 89.9 Å². The molecule has 0 radical (unpaired) electrons.